The van der Waals surface area contributed by atoms with E-state index < -0.39 is 0 Å². The van der Waals surface area contributed by atoms with Crippen molar-refractivity contribution in [3.8, 4) is 0 Å². The third-order valence-corrected chi connectivity index (χ3v) is 5.93. The molecule has 2 fully saturated rings. The summed E-state index contributed by atoms with van der Waals surface area (Å²) in [5, 5.41) is 0.611. The molecule has 2 amide bonds. The molecular formula is C20H28ClN3O2. The minimum absolute atomic E-state index is 0.0261. The molecule has 2 aliphatic heterocycles. The van der Waals surface area contributed by atoms with Crippen LogP contribution in [0.4, 0.5) is 0 Å². The van der Waals surface area contributed by atoms with Crippen molar-refractivity contribution in [3.05, 3.63) is 34.9 Å². The topological polar surface area (TPSA) is 66.6 Å². The van der Waals surface area contributed by atoms with Gasteiger partial charge >= 0.3 is 0 Å². The summed E-state index contributed by atoms with van der Waals surface area (Å²) >= 11 is 5.91. The van der Waals surface area contributed by atoms with Crippen molar-refractivity contribution in [2.75, 3.05) is 26.2 Å². The van der Waals surface area contributed by atoms with E-state index in [0.717, 1.165) is 32.2 Å². The van der Waals surface area contributed by atoms with Crippen molar-refractivity contribution in [1.29, 1.82) is 0 Å². The van der Waals surface area contributed by atoms with Crippen LogP contribution < -0.4 is 5.73 Å². The number of hydrogen-bond acceptors (Lipinski definition) is 3. The number of nitrogens with two attached hydrogens (primary N) is 1. The average Bonchev–Trinajstić information content (AvgIpc) is 2.67. The highest BCUT2D eigenvalue weighted by Crippen LogP contribution is 2.27. The van der Waals surface area contributed by atoms with Crippen molar-refractivity contribution in [2.45, 2.75) is 38.6 Å². The summed E-state index contributed by atoms with van der Waals surface area (Å²) < 4.78 is 0. The number of halogens is 1. The summed E-state index contributed by atoms with van der Waals surface area (Å²) in [5.41, 5.74) is 6.54. The maximum atomic E-state index is 13.1. The molecule has 5 nitrogen and oxygen atoms in total. The van der Waals surface area contributed by atoms with Gasteiger partial charge in [-0.1, -0.05) is 18.5 Å². The van der Waals surface area contributed by atoms with E-state index in [2.05, 4.69) is 6.92 Å². The van der Waals surface area contributed by atoms with E-state index in [4.69, 9.17) is 17.3 Å². The number of piperidine rings is 2. The smallest absolute Gasteiger partial charge is 0.253 e. The summed E-state index contributed by atoms with van der Waals surface area (Å²) in [7, 11) is 0. The number of amides is 2. The van der Waals surface area contributed by atoms with E-state index in [1.807, 2.05) is 4.90 Å². The standard InChI is InChI=1S/C20H28ClN3O2/c1-14-8-10-24(18(11-14)12-22)20(26)16-3-2-9-23(13-16)19(25)15-4-6-17(21)7-5-15/h4-7,14,16,18H,2-3,8-13,22H2,1H3. The number of nitrogens with zero attached hydrogens (tertiary/aromatic N) is 2. The molecule has 2 saturated heterocycles. The molecule has 2 aliphatic rings. The molecule has 26 heavy (non-hydrogen) atoms. The molecular weight excluding hydrogens is 350 g/mol. The van der Waals surface area contributed by atoms with Gasteiger partial charge in [0.2, 0.25) is 5.91 Å². The second-order valence-corrected chi connectivity index (χ2v) is 8.08. The zero-order valence-electron chi connectivity index (χ0n) is 15.4. The number of rotatable bonds is 3. The van der Waals surface area contributed by atoms with Crippen LogP contribution in [-0.2, 0) is 4.79 Å². The monoisotopic (exact) mass is 377 g/mol. The highest BCUT2D eigenvalue weighted by atomic mass is 35.5. The fraction of sp³-hybridized carbons (Fsp3) is 0.600. The molecule has 142 valence electrons. The van der Waals surface area contributed by atoms with Crippen molar-refractivity contribution in [2.24, 2.45) is 17.6 Å². The van der Waals surface area contributed by atoms with Crippen LogP contribution in [0.25, 0.3) is 0 Å². The first-order valence-electron chi connectivity index (χ1n) is 9.55. The zero-order valence-corrected chi connectivity index (χ0v) is 16.1. The van der Waals surface area contributed by atoms with Gasteiger partial charge in [0, 0.05) is 42.8 Å². The molecule has 2 N–H and O–H groups in total. The van der Waals surface area contributed by atoms with Gasteiger partial charge in [0.15, 0.2) is 0 Å². The SMILES string of the molecule is CC1CCN(C(=O)C2CCCN(C(=O)c3ccc(Cl)cc3)C2)C(CN)C1. The first-order chi connectivity index (χ1) is 12.5. The Balaban J connectivity index is 1.66. The minimum atomic E-state index is -0.123. The van der Waals surface area contributed by atoms with Gasteiger partial charge in [-0.25, -0.2) is 0 Å². The van der Waals surface area contributed by atoms with Crippen molar-refractivity contribution >= 4 is 23.4 Å². The molecule has 2 heterocycles. The lowest BCUT2D eigenvalue weighted by Gasteiger charge is -2.41. The summed E-state index contributed by atoms with van der Waals surface area (Å²) in [4.78, 5) is 29.6. The van der Waals surface area contributed by atoms with Gasteiger partial charge in [-0.05, 0) is 55.9 Å². The Morgan fingerprint density at radius 2 is 1.92 bits per heavy atom. The molecule has 0 bridgehead atoms. The summed E-state index contributed by atoms with van der Waals surface area (Å²) in [6, 6.07) is 7.07. The lowest BCUT2D eigenvalue weighted by Crippen LogP contribution is -2.54. The summed E-state index contributed by atoms with van der Waals surface area (Å²) in [6.45, 7) is 4.70. The van der Waals surface area contributed by atoms with Crippen molar-refractivity contribution in [1.82, 2.24) is 9.80 Å². The van der Waals surface area contributed by atoms with Crippen LogP contribution in [0.5, 0.6) is 0 Å². The third kappa shape index (κ3) is 4.21. The first-order valence-corrected chi connectivity index (χ1v) is 9.92. The highest BCUT2D eigenvalue weighted by molar-refractivity contribution is 6.30. The molecule has 0 aliphatic carbocycles. The second-order valence-electron chi connectivity index (χ2n) is 7.65. The van der Waals surface area contributed by atoms with Gasteiger partial charge in [0.1, 0.15) is 0 Å². The van der Waals surface area contributed by atoms with Crippen LogP contribution in [0, 0.1) is 11.8 Å². The Bertz CT molecular complexity index is 649. The second kappa shape index (κ2) is 8.40. The fourth-order valence-corrected chi connectivity index (χ4v) is 4.26. The lowest BCUT2D eigenvalue weighted by atomic mass is 9.89. The van der Waals surface area contributed by atoms with Gasteiger partial charge in [-0.2, -0.15) is 0 Å². The number of hydrogen-bond donors (Lipinski definition) is 1. The van der Waals surface area contributed by atoms with E-state index in [-0.39, 0.29) is 23.8 Å². The fourth-order valence-electron chi connectivity index (χ4n) is 4.14. The normalized spacial score (nSPS) is 26.7. The van der Waals surface area contributed by atoms with Gasteiger partial charge in [0.25, 0.3) is 5.91 Å². The van der Waals surface area contributed by atoms with Crippen molar-refractivity contribution in [3.63, 3.8) is 0 Å². The molecule has 3 unspecified atom stereocenters. The lowest BCUT2D eigenvalue weighted by molar-refractivity contribution is -0.141. The Morgan fingerprint density at radius 1 is 1.19 bits per heavy atom. The van der Waals surface area contributed by atoms with Crippen LogP contribution in [-0.4, -0.2) is 53.8 Å². The van der Waals surface area contributed by atoms with E-state index >= 15 is 0 Å². The number of likely N-dealkylation sites (tertiary alicyclic amines) is 2. The highest BCUT2D eigenvalue weighted by Gasteiger charge is 2.36. The molecule has 3 rings (SSSR count). The maximum Gasteiger partial charge on any atom is 0.253 e. The van der Waals surface area contributed by atoms with Crippen LogP contribution >= 0.6 is 11.6 Å². The maximum absolute atomic E-state index is 13.1. The van der Waals surface area contributed by atoms with Gasteiger partial charge in [-0.15, -0.1) is 0 Å². The molecule has 0 spiro atoms. The number of carbonyl (C=O) groups is 2. The van der Waals surface area contributed by atoms with Crippen LogP contribution in [0.1, 0.15) is 43.0 Å². The Hall–Kier alpha value is -1.59. The Morgan fingerprint density at radius 3 is 2.62 bits per heavy atom. The van der Waals surface area contributed by atoms with Gasteiger partial charge in [-0.3, -0.25) is 9.59 Å². The molecule has 0 aromatic heterocycles. The van der Waals surface area contributed by atoms with Crippen LogP contribution in [0.2, 0.25) is 5.02 Å². The molecule has 3 atom stereocenters. The van der Waals surface area contributed by atoms with Crippen LogP contribution in [0.15, 0.2) is 24.3 Å². The van der Waals surface area contributed by atoms with Gasteiger partial charge in [0.05, 0.1) is 5.92 Å². The third-order valence-electron chi connectivity index (χ3n) is 5.68. The zero-order chi connectivity index (χ0) is 18.7. The average molecular weight is 378 g/mol. The molecule has 0 radical (unpaired) electrons. The quantitative estimate of drug-likeness (QED) is 0.880. The predicted octanol–water partition coefficient (Wildman–Crippen LogP) is 2.78. The molecule has 1 aromatic carbocycles. The summed E-state index contributed by atoms with van der Waals surface area (Å²) in [6.07, 6.45) is 3.70. The summed E-state index contributed by atoms with van der Waals surface area (Å²) in [5.74, 6) is 0.632. The Labute approximate surface area is 160 Å². The predicted molar refractivity (Wildman–Crippen MR) is 103 cm³/mol. The van der Waals surface area contributed by atoms with E-state index in [1.54, 1.807) is 29.2 Å². The van der Waals surface area contributed by atoms with E-state index in [0.29, 0.717) is 36.1 Å². The van der Waals surface area contributed by atoms with Crippen molar-refractivity contribution < 1.29 is 9.59 Å². The molecule has 1 aromatic rings. The first kappa shape index (κ1) is 19.2. The van der Waals surface area contributed by atoms with E-state index in [1.165, 1.54) is 0 Å². The molecule has 6 heteroatoms. The van der Waals surface area contributed by atoms with Gasteiger partial charge < -0.3 is 15.5 Å². The number of carbonyl (C=O) groups excluding carboxylic acids is 2. The van der Waals surface area contributed by atoms with Crippen LogP contribution in [0.3, 0.4) is 0 Å². The number of benzene rings is 1. The minimum Gasteiger partial charge on any atom is -0.338 e. The van der Waals surface area contributed by atoms with E-state index in [9.17, 15) is 9.59 Å². The molecule has 0 saturated carbocycles. The largest absolute Gasteiger partial charge is 0.338 e. The Kier molecular flexibility index (Phi) is 6.20.